The second-order valence-corrected chi connectivity index (χ2v) is 6.95. The molecule has 4 nitrogen and oxygen atoms in total. The minimum atomic E-state index is -4.67. The first kappa shape index (κ1) is 16.2. The molecule has 132 valence electrons. The molecule has 0 radical (unpaired) electrons. The highest BCUT2D eigenvalue weighted by Crippen LogP contribution is 2.60. The number of halogens is 3. The van der Waals surface area contributed by atoms with Crippen LogP contribution in [-0.4, -0.2) is 15.7 Å². The highest BCUT2D eigenvalue weighted by Gasteiger charge is 2.48. The molecule has 2 aliphatic carbocycles. The van der Waals surface area contributed by atoms with Gasteiger partial charge in [-0.15, -0.1) is 0 Å². The number of anilines is 1. The molecule has 2 fully saturated rings. The van der Waals surface area contributed by atoms with Crippen molar-refractivity contribution >= 4 is 11.6 Å². The summed E-state index contributed by atoms with van der Waals surface area (Å²) >= 11 is 0. The average Bonchev–Trinajstić information content (AvgIpc) is 3.43. The first-order chi connectivity index (χ1) is 11.8. The van der Waals surface area contributed by atoms with E-state index in [2.05, 4.69) is 10.4 Å². The van der Waals surface area contributed by atoms with E-state index in [9.17, 15) is 18.0 Å². The van der Waals surface area contributed by atoms with Gasteiger partial charge < -0.3 is 5.32 Å². The molecule has 0 spiro atoms. The molecule has 1 amide bonds. The van der Waals surface area contributed by atoms with Crippen LogP contribution in [0.25, 0.3) is 0 Å². The number of benzene rings is 1. The number of nitrogens with one attached hydrogen (secondary N) is 1. The van der Waals surface area contributed by atoms with Gasteiger partial charge in [0.05, 0.1) is 5.56 Å². The van der Waals surface area contributed by atoms with Gasteiger partial charge in [0.2, 0.25) is 0 Å². The minimum Gasteiger partial charge on any atom is -0.322 e. The largest absolute Gasteiger partial charge is 0.435 e. The van der Waals surface area contributed by atoms with E-state index in [0.717, 1.165) is 28.8 Å². The van der Waals surface area contributed by atoms with Crippen molar-refractivity contribution < 1.29 is 18.0 Å². The van der Waals surface area contributed by atoms with Gasteiger partial charge in [0.25, 0.3) is 5.91 Å². The number of carbonyl (C=O) groups is 1. The van der Waals surface area contributed by atoms with Crippen molar-refractivity contribution in [1.29, 1.82) is 0 Å². The van der Waals surface area contributed by atoms with Crippen molar-refractivity contribution in [2.75, 3.05) is 5.32 Å². The third-order valence-corrected chi connectivity index (χ3v) is 5.02. The number of hydrogen-bond donors (Lipinski definition) is 1. The fourth-order valence-corrected chi connectivity index (χ4v) is 3.61. The lowest BCUT2D eigenvalue weighted by Gasteiger charge is -2.11. The molecule has 25 heavy (non-hydrogen) atoms. The molecule has 0 bridgehead atoms. The Morgan fingerprint density at radius 2 is 2.00 bits per heavy atom. The van der Waals surface area contributed by atoms with Crippen LogP contribution >= 0.6 is 0 Å². The summed E-state index contributed by atoms with van der Waals surface area (Å²) in [6.45, 7) is 0. The van der Waals surface area contributed by atoms with E-state index in [4.69, 9.17) is 0 Å². The highest BCUT2D eigenvalue weighted by atomic mass is 19.4. The normalized spacial score (nSPS) is 22.7. The predicted octanol–water partition coefficient (Wildman–Crippen LogP) is 4.20. The van der Waals surface area contributed by atoms with Crippen LogP contribution in [0.2, 0.25) is 0 Å². The highest BCUT2D eigenvalue weighted by molar-refractivity contribution is 6.05. The summed E-state index contributed by atoms with van der Waals surface area (Å²) < 4.78 is 40.2. The standard InChI is InChI=1S/C18H18F3N3O/c1-24-9-14(16(23-24)18(19,20)21)17(25)22-15-5-3-2-4-11(15)13-8-12(13)10-6-7-10/h2-5,9-10,12-13H,6-8H2,1H3,(H,22,25)/t12-,13?/m1/s1. The summed E-state index contributed by atoms with van der Waals surface area (Å²) in [5.41, 5.74) is -0.00516. The van der Waals surface area contributed by atoms with Crippen LogP contribution in [0, 0.1) is 11.8 Å². The Balaban J connectivity index is 1.58. The lowest BCUT2D eigenvalue weighted by atomic mass is 10.0. The lowest BCUT2D eigenvalue weighted by molar-refractivity contribution is -0.141. The molecule has 2 atom stereocenters. The van der Waals surface area contributed by atoms with Gasteiger partial charge in [-0.3, -0.25) is 9.48 Å². The van der Waals surface area contributed by atoms with Crippen LogP contribution in [0.5, 0.6) is 0 Å². The summed E-state index contributed by atoms with van der Waals surface area (Å²) in [5, 5.41) is 6.05. The third-order valence-electron chi connectivity index (χ3n) is 5.02. The summed E-state index contributed by atoms with van der Waals surface area (Å²) in [7, 11) is 1.37. The van der Waals surface area contributed by atoms with Crippen LogP contribution in [-0.2, 0) is 13.2 Å². The van der Waals surface area contributed by atoms with Crippen molar-refractivity contribution in [3.05, 3.63) is 47.3 Å². The number of rotatable bonds is 4. The Bertz CT molecular complexity index is 823. The molecule has 4 rings (SSSR count). The molecule has 0 saturated heterocycles. The zero-order valence-electron chi connectivity index (χ0n) is 13.7. The first-order valence-corrected chi connectivity index (χ1v) is 8.35. The molecule has 1 aromatic heterocycles. The quantitative estimate of drug-likeness (QED) is 0.899. The SMILES string of the molecule is Cn1cc(C(=O)Nc2ccccc2C2C[C@@H]2C2CC2)c(C(F)(F)F)n1. The number of nitrogens with zero attached hydrogens (tertiary/aromatic N) is 2. The minimum absolute atomic E-state index is 0.403. The number of alkyl halides is 3. The molecule has 0 aliphatic heterocycles. The van der Waals surface area contributed by atoms with Gasteiger partial charge in [0.15, 0.2) is 5.69 Å². The van der Waals surface area contributed by atoms with Gasteiger partial charge >= 0.3 is 6.18 Å². The second-order valence-electron chi connectivity index (χ2n) is 6.95. The number of para-hydroxylation sites is 1. The van der Waals surface area contributed by atoms with Gasteiger partial charge in [-0.25, -0.2) is 0 Å². The summed E-state index contributed by atoms with van der Waals surface area (Å²) in [5.74, 6) is 1.06. The molecule has 1 aromatic carbocycles. The van der Waals surface area contributed by atoms with Crippen LogP contribution in [0.4, 0.5) is 18.9 Å². The third kappa shape index (κ3) is 3.15. The smallest absolute Gasteiger partial charge is 0.322 e. The fourth-order valence-electron chi connectivity index (χ4n) is 3.61. The van der Waals surface area contributed by atoms with Crippen molar-refractivity contribution in [1.82, 2.24) is 9.78 Å². The lowest BCUT2D eigenvalue weighted by Crippen LogP contribution is -2.18. The predicted molar refractivity (Wildman–Crippen MR) is 86.2 cm³/mol. The monoisotopic (exact) mass is 349 g/mol. The topological polar surface area (TPSA) is 46.9 Å². The molecule has 1 N–H and O–H groups in total. The van der Waals surface area contributed by atoms with E-state index in [-0.39, 0.29) is 0 Å². The molecular weight excluding hydrogens is 331 g/mol. The van der Waals surface area contributed by atoms with E-state index in [1.807, 2.05) is 12.1 Å². The number of aromatic nitrogens is 2. The number of amides is 1. The molecule has 1 heterocycles. The maximum absolute atomic E-state index is 13.1. The Hall–Kier alpha value is -2.31. The van der Waals surface area contributed by atoms with Gasteiger partial charge in [-0.2, -0.15) is 18.3 Å². The molecule has 1 unspecified atom stereocenters. The zero-order valence-corrected chi connectivity index (χ0v) is 13.7. The van der Waals surface area contributed by atoms with Crippen molar-refractivity contribution in [3.8, 4) is 0 Å². The molecule has 2 aromatic rings. The van der Waals surface area contributed by atoms with Crippen LogP contribution in [0.15, 0.2) is 30.5 Å². The van der Waals surface area contributed by atoms with Gasteiger partial charge in [0.1, 0.15) is 0 Å². The van der Waals surface area contributed by atoms with Crippen LogP contribution in [0.1, 0.15) is 46.8 Å². The summed E-state index contributed by atoms with van der Waals surface area (Å²) in [4.78, 5) is 12.5. The Morgan fingerprint density at radius 1 is 1.28 bits per heavy atom. The van der Waals surface area contributed by atoms with Gasteiger partial charge in [-0.1, -0.05) is 18.2 Å². The van der Waals surface area contributed by atoms with E-state index >= 15 is 0 Å². The van der Waals surface area contributed by atoms with Crippen LogP contribution in [0.3, 0.4) is 0 Å². The Kier molecular flexibility index (Phi) is 3.63. The zero-order chi connectivity index (χ0) is 17.8. The second kappa shape index (κ2) is 5.61. The van der Waals surface area contributed by atoms with E-state index in [1.165, 1.54) is 19.9 Å². The fraction of sp³-hybridized carbons (Fsp3) is 0.444. The van der Waals surface area contributed by atoms with E-state index < -0.39 is 23.3 Å². The number of hydrogen-bond acceptors (Lipinski definition) is 2. The van der Waals surface area contributed by atoms with Crippen LogP contribution < -0.4 is 5.32 Å². The van der Waals surface area contributed by atoms with Crippen molar-refractivity contribution in [2.24, 2.45) is 18.9 Å². The van der Waals surface area contributed by atoms with Gasteiger partial charge in [0, 0.05) is 18.9 Å². The van der Waals surface area contributed by atoms with Gasteiger partial charge in [-0.05, 0) is 48.6 Å². The molecule has 7 heteroatoms. The molecule has 2 saturated carbocycles. The Morgan fingerprint density at radius 3 is 2.68 bits per heavy atom. The number of carbonyl (C=O) groups excluding carboxylic acids is 1. The molecule has 2 aliphatic rings. The van der Waals surface area contributed by atoms with Crippen molar-refractivity contribution in [2.45, 2.75) is 31.4 Å². The average molecular weight is 349 g/mol. The van der Waals surface area contributed by atoms with E-state index in [1.54, 1.807) is 12.1 Å². The maximum atomic E-state index is 13.1. The summed E-state index contributed by atoms with van der Waals surface area (Å²) in [6, 6.07) is 7.38. The Labute approximate surface area is 143 Å². The first-order valence-electron chi connectivity index (χ1n) is 8.35. The van der Waals surface area contributed by atoms with E-state index in [0.29, 0.717) is 17.5 Å². The van der Waals surface area contributed by atoms with Crippen molar-refractivity contribution in [3.63, 3.8) is 0 Å². The summed E-state index contributed by atoms with van der Waals surface area (Å²) in [6.07, 6.45) is 0.0603. The molecular formula is C18H18F3N3O. The number of aryl methyl sites for hydroxylation is 1. The maximum Gasteiger partial charge on any atom is 0.435 e.